The van der Waals surface area contributed by atoms with Gasteiger partial charge in [-0.15, -0.1) is 0 Å². The summed E-state index contributed by atoms with van der Waals surface area (Å²) in [6, 6.07) is 14.3. The number of benzene rings is 2. The second kappa shape index (κ2) is 7.12. The first-order valence-electron chi connectivity index (χ1n) is 8.72. The van der Waals surface area contributed by atoms with E-state index in [4.69, 9.17) is 11.6 Å². The monoisotopic (exact) mass is 506 g/mol. The van der Waals surface area contributed by atoms with Crippen LogP contribution in [0.5, 0.6) is 0 Å². The molecule has 5 rings (SSSR count). The van der Waals surface area contributed by atoms with Crippen LogP contribution in [0.25, 0.3) is 0 Å². The molecule has 0 spiro atoms. The summed E-state index contributed by atoms with van der Waals surface area (Å²) in [6.45, 7) is 0. The van der Waals surface area contributed by atoms with Gasteiger partial charge in [0.15, 0.2) is 0 Å². The maximum absolute atomic E-state index is 13.5. The SMILES string of the molecule is O=C1[C@H]2[C@H](c3ccc(Cl)cc3)c3sc(=O)[nH]c3S[C@H]2C(=O)N1c1ccc(Br)cc1. The van der Waals surface area contributed by atoms with Gasteiger partial charge in [0.25, 0.3) is 0 Å². The highest BCUT2D eigenvalue weighted by Crippen LogP contribution is 2.53. The number of nitrogens with zero attached hydrogens (tertiary/aromatic N) is 1. The van der Waals surface area contributed by atoms with E-state index >= 15 is 0 Å². The number of amides is 2. The molecule has 2 aliphatic heterocycles. The molecule has 1 N–H and O–H groups in total. The minimum absolute atomic E-state index is 0.189. The van der Waals surface area contributed by atoms with Crippen molar-refractivity contribution in [1.82, 2.24) is 4.98 Å². The van der Waals surface area contributed by atoms with Crippen LogP contribution in [0.3, 0.4) is 0 Å². The van der Waals surface area contributed by atoms with Gasteiger partial charge in [-0.25, -0.2) is 4.90 Å². The first kappa shape index (κ1) is 19.1. The lowest BCUT2D eigenvalue weighted by Gasteiger charge is -2.29. The van der Waals surface area contributed by atoms with Crippen molar-refractivity contribution in [2.24, 2.45) is 5.92 Å². The minimum atomic E-state index is -0.593. The van der Waals surface area contributed by atoms with E-state index in [0.717, 1.165) is 26.3 Å². The minimum Gasteiger partial charge on any atom is -0.307 e. The molecule has 1 saturated heterocycles. The number of carbonyl (C=O) groups excluding carboxylic acids is 2. The Morgan fingerprint density at radius 1 is 0.966 bits per heavy atom. The molecule has 9 heteroatoms. The number of rotatable bonds is 2. The smallest absolute Gasteiger partial charge is 0.305 e. The van der Waals surface area contributed by atoms with Crippen LogP contribution in [0.2, 0.25) is 5.02 Å². The van der Waals surface area contributed by atoms with Gasteiger partial charge in [-0.2, -0.15) is 0 Å². The van der Waals surface area contributed by atoms with Gasteiger partial charge in [0.1, 0.15) is 5.25 Å². The molecule has 0 bridgehead atoms. The molecular weight excluding hydrogens is 496 g/mol. The summed E-state index contributed by atoms with van der Waals surface area (Å²) in [5, 5.41) is 0.660. The van der Waals surface area contributed by atoms with Crippen LogP contribution in [0.1, 0.15) is 16.4 Å². The number of halogens is 2. The van der Waals surface area contributed by atoms with Crippen molar-refractivity contribution >= 4 is 68.1 Å². The predicted molar refractivity (Wildman–Crippen MR) is 118 cm³/mol. The molecule has 3 aromatic rings. The van der Waals surface area contributed by atoms with Gasteiger partial charge in [0, 0.05) is 20.3 Å². The van der Waals surface area contributed by atoms with Crippen molar-refractivity contribution < 1.29 is 9.59 Å². The highest BCUT2D eigenvalue weighted by atomic mass is 79.9. The number of fused-ring (bicyclic) bond motifs is 2. The molecule has 1 fully saturated rings. The predicted octanol–water partition coefficient (Wildman–Crippen LogP) is 4.65. The van der Waals surface area contributed by atoms with Gasteiger partial charge in [-0.05, 0) is 42.0 Å². The van der Waals surface area contributed by atoms with Crippen molar-refractivity contribution in [3.05, 3.63) is 78.1 Å². The van der Waals surface area contributed by atoms with Crippen LogP contribution in [0, 0.1) is 5.92 Å². The van der Waals surface area contributed by atoms with Gasteiger partial charge in [-0.1, -0.05) is 62.8 Å². The van der Waals surface area contributed by atoms with Gasteiger partial charge in [0.2, 0.25) is 11.8 Å². The lowest BCUT2D eigenvalue weighted by molar-refractivity contribution is -0.122. The fourth-order valence-corrected chi connectivity index (χ4v) is 6.80. The van der Waals surface area contributed by atoms with Crippen LogP contribution in [0.15, 0.2) is 62.8 Å². The third kappa shape index (κ3) is 3.09. The van der Waals surface area contributed by atoms with Crippen LogP contribution in [-0.2, 0) is 9.59 Å². The maximum atomic E-state index is 13.5. The summed E-state index contributed by atoms with van der Waals surface area (Å²) in [5.74, 6) is -1.48. The number of anilines is 1. The largest absolute Gasteiger partial charge is 0.307 e. The fourth-order valence-electron chi connectivity index (χ4n) is 3.89. The molecule has 3 heterocycles. The zero-order valence-corrected chi connectivity index (χ0v) is 18.6. The number of aromatic amines is 1. The van der Waals surface area contributed by atoms with Crippen LogP contribution in [-0.4, -0.2) is 22.0 Å². The summed E-state index contributed by atoms with van der Waals surface area (Å²) >= 11 is 11.8. The molecule has 0 radical (unpaired) electrons. The number of carbonyl (C=O) groups is 2. The number of H-pyrrole nitrogens is 1. The van der Waals surface area contributed by atoms with Gasteiger partial charge in [-0.3, -0.25) is 14.4 Å². The van der Waals surface area contributed by atoms with Crippen molar-refractivity contribution in [1.29, 1.82) is 0 Å². The lowest BCUT2D eigenvalue weighted by Crippen LogP contribution is -2.32. The molecule has 0 unspecified atom stereocenters. The number of aromatic nitrogens is 1. The number of nitrogens with one attached hydrogen (secondary N) is 1. The number of hydrogen-bond donors (Lipinski definition) is 1. The molecule has 2 aliphatic rings. The first-order chi connectivity index (χ1) is 13.9. The normalized spacial score (nSPS) is 23.2. The molecule has 2 aromatic carbocycles. The molecule has 2 amide bonds. The van der Waals surface area contributed by atoms with E-state index in [1.807, 2.05) is 12.1 Å². The lowest BCUT2D eigenvalue weighted by atomic mass is 9.83. The first-order valence-corrected chi connectivity index (χ1v) is 11.6. The summed E-state index contributed by atoms with van der Waals surface area (Å²) in [7, 11) is 0. The van der Waals surface area contributed by atoms with Crippen molar-refractivity contribution in [2.75, 3.05) is 4.90 Å². The van der Waals surface area contributed by atoms with Gasteiger partial charge in [0.05, 0.1) is 16.6 Å². The van der Waals surface area contributed by atoms with E-state index in [9.17, 15) is 14.4 Å². The third-order valence-electron chi connectivity index (χ3n) is 5.14. The highest BCUT2D eigenvalue weighted by molar-refractivity contribution is 9.10. The Labute approximate surface area is 187 Å². The molecule has 1 aromatic heterocycles. The van der Waals surface area contributed by atoms with E-state index in [1.54, 1.807) is 36.4 Å². The Morgan fingerprint density at radius 2 is 1.66 bits per heavy atom. The zero-order valence-electron chi connectivity index (χ0n) is 14.6. The Kier molecular flexibility index (Phi) is 4.70. The van der Waals surface area contributed by atoms with Gasteiger partial charge >= 0.3 is 4.87 Å². The van der Waals surface area contributed by atoms with Crippen molar-refractivity contribution in [3.63, 3.8) is 0 Å². The van der Waals surface area contributed by atoms with Crippen molar-refractivity contribution in [2.45, 2.75) is 16.2 Å². The zero-order chi connectivity index (χ0) is 20.3. The number of hydrogen-bond acceptors (Lipinski definition) is 5. The van der Waals surface area contributed by atoms with E-state index in [1.165, 1.54) is 16.7 Å². The van der Waals surface area contributed by atoms with E-state index in [-0.39, 0.29) is 22.6 Å². The molecular formula is C20H12BrClN2O3S2. The summed E-state index contributed by atoms with van der Waals surface area (Å²) in [4.78, 5) is 43.5. The quantitative estimate of drug-likeness (QED) is 0.513. The second-order valence-electron chi connectivity index (χ2n) is 6.79. The Hall–Kier alpha value is -1.87. The molecule has 0 saturated carbocycles. The molecule has 3 atom stereocenters. The van der Waals surface area contributed by atoms with E-state index in [0.29, 0.717) is 15.7 Å². The van der Waals surface area contributed by atoms with Crippen LogP contribution in [0.4, 0.5) is 5.69 Å². The van der Waals surface area contributed by atoms with Gasteiger partial charge < -0.3 is 4.98 Å². The summed E-state index contributed by atoms with van der Waals surface area (Å²) in [5.41, 5.74) is 1.41. The average Bonchev–Trinajstić information content (AvgIpc) is 3.19. The Morgan fingerprint density at radius 3 is 2.34 bits per heavy atom. The topological polar surface area (TPSA) is 70.2 Å². The number of thiazole rings is 1. The molecule has 5 nitrogen and oxygen atoms in total. The van der Waals surface area contributed by atoms with E-state index in [2.05, 4.69) is 20.9 Å². The van der Waals surface area contributed by atoms with E-state index < -0.39 is 11.2 Å². The fraction of sp³-hybridized carbons (Fsp3) is 0.150. The second-order valence-corrected chi connectivity index (χ2v) is 10.3. The van der Waals surface area contributed by atoms with Crippen LogP contribution < -0.4 is 9.77 Å². The summed E-state index contributed by atoms with van der Waals surface area (Å²) in [6.07, 6.45) is 0. The standard InChI is InChI=1S/C20H12BrClN2O3S2/c21-10-3-7-12(8-4-10)24-18(25)14-13(9-1-5-11(22)6-2-9)15-17(23-20(27)29-15)28-16(14)19(24)26/h1-8,13-14,16H,(H,23,27)/t13-,14-,16+/m0/s1. The molecule has 146 valence electrons. The highest BCUT2D eigenvalue weighted by Gasteiger charge is 2.56. The Balaban J connectivity index is 1.64. The average molecular weight is 508 g/mol. The maximum Gasteiger partial charge on any atom is 0.305 e. The number of thioether (sulfide) groups is 1. The number of imide groups is 1. The van der Waals surface area contributed by atoms with Crippen LogP contribution >= 0.6 is 50.6 Å². The third-order valence-corrected chi connectivity index (χ3v) is 8.32. The Bertz CT molecular complexity index is 1190. The molecule has 29 heavy (non-hydrogen) atoms. The van der Waals surface area contributed by atoms with Crippen molar-refractivity contribution in [3.8, 4) is 0 Å². The summed E-state index contributed by atoms with van der Waals surface area (Å²) < 4.78 is 0.867. The molecule has 0 aliphatic carbocycles.